The van der Waals surface area contributed by atoms with E-state index in [2.05, 4.69) is 98.0 Å². The molecule has 0 aliphatic carbocycles. The number of pyridine rings is 4. The molecule has 10 N–H and O–H groups in total. The van der Waals surface area contributed by atoms with Crippen LogP contribution in [0.25, 0.3) is 0 Å². The number of methoxy groups -OCH3 is 5. The summed E-state index contributed by atoms with van der Waals surface area (Å²) < 4.78 is 36.0. The normalized spacial score (nSPS) is 11.7. The van der Waals surface area contributed by atoms with E-state index in [1.165, 1.54) is 103 Å². The Morgan fingerprint density at radius 2 is 0.694 bits per heavy atom. The van der Waals surface area contributed by atoms with Crippen molar-refractivity contribution in [3.8, 4) is 40.2 Å². The number of carbonyl (C=O) groups is 9. The predicted octanol–water partition coefficient (Wildman–Crippen LogP) is 11.3. The van der Waals surface area contributed by atoms with Gasteiger partial charge < -0.3 is 80.3 Å². The molecule has 4 aromatic heterocycles. The molecule has 121 heavy (non-hydrogen) atoms. The number of nitrogens with two attached hydrogens (primary N) is 1. The van der Waals surface area contributed by atoms with Gasteiger partial charge in [0.2, 0.25) is 8.32 Å². The topological polar surface area (TPSA) is 425 Å². The average Bonchev–Trinajstić information content (AvgIpc) is 0.797. The van der Waals surface area contributed by atoms with Gasteiger partial charge in [-0.05, 0) is 186 Å². The Kier molecular flexibility index (Phi) is 41.0. The van der Waals surface area contributed by atoms with Gasteiger partial charge in [-0.1, -0.05) is 93.6 Å². The SMILES string of the molecule is C=CCc1ccc(OC(=O)C(Cc2ccc(O)cc2)NC(=O)c2cccnc2)c(OC)c1.CCl.COC(=O)C(Cc1ccc(O)cc1)NC(=O)c1cccnc1.COC(=O)C(Cc1ccc(O)cc1)NC(=O)c1cccnc1.COC(=O)C(Cc1ccc(O[Si](C)(C)C(C)(C)C)cc1)NC(=O)c1cccnc1.COC(=O)C(N)Cc1ccc(O)cc1. The average molecular weight is 1690 g/mol. The molecule has 0 saturated carbocycles. The van der Waals surface area contributed by atoms with E-state index in [-0.39, 0.29) is 59.0 Å². The number of alkyl halides is 1. The van der Waals surface area contributed by atoms with Gasteiger partial charge in [0.25, 0.3) is 23.6 Å². The van der Waals surface area contributed by atoms with Gasteiger partial charge >= 0.3 is 29.8 Å². The molecule has 0 saturated heterocycles. The number of nitrogens with one attached hydrogen (secondary N) is 4. The molecular formula is C90H102ClN9O20Si. The molecule has 0 fully saturated rings. The summed E-state index contributed by atoms with van der Waals surface area (Å²) in [5.41, 5.74) is 12.1. The maximum absolute atomic E-state index is 13.1. The summed E-state index contributed by atoms with van der Waals surface area (Å²) in [6, 6.07) is 47.6. The minimum Gasteiger partial charge on any atom is -0.544 e. The van der Waals surface area contributed by atoms with Gasteiger partial charge in [0, 0.05) is 81.6 Å². The summed E-state index contributed by atoms with van der Waals surface area (Å²) in [7, 11) is 4.72. The second-order valence-corrected chi connectivity index (χ2v) is 32.6. The molecule has 4 amide bonds. The highest BCUT2D eigenvalue weighted by Gasteiger charge is 2.39. The number of nitrogens with zero attached hydrogens (tertiary/aromatic N) is 4. The number of hydrogen-bond donors (Lipinski definition) is 9. The van der Waals surface area contributed by atoms with Crippen LogP contribution in [0.4, 0.5) is 0 Å². The number of hydrogen-bond acceptors (Lipinski definition) is 25. The fourth-order valence-electron chi connectivity index (χ4n) is 10.5. The van der Waals surface area contributed by atoms with Crippen LogP contribution in [0, 0.1) is 0 Å². The Hall–Kier alpha value is -13.8. The van der Waals surface area contributed by atoms with Crippen molar-refractivity contribution in [3.05, 3.63) is 306 Å². The van der Waals surface area contributed by atoms with Crippen molar-refractivity contribution in [1.82, 2.24) is 41.2 Å². The third-order valence-corrected chi connectivity index (χ3v) is 22.4. The number of carbonyl (C=O) groups excluding carboxylic acids is 9. The van der Waals surface area contributed by atoms with Crippen LogP contribution >= 0.6 is 11.6 Å². The molecule has 0 bridgehead atoms. The fraction of sp³-hybridized carbons (Fsp3) is 0.256. The number of ether oxygens (including phenoxy) is 6. The number of aromatic hydroxyl groups is 4. The Morgan fingerprint density at radius 1 is 0.413 bits per heavy atom. The zero-order valence-electron chi connectivity index (χ0n) is 69.0. The zero-order valence-corrected chi connectivity index (χ0v) is 70.8. The summed E-state index contributed by atoms with van der Waals surface area (Å²) in [6.45, 7) is 14.7. The minimum absolute atomic E-state index is 0.108. The number of benzene rings is 6. The van der Waals surface area contributed by atoms with E-state index < -0.39 is 86.1 Å². The number of rotatable bonds is 29. The first-order chi connectivity index (χ1) is 57.8. The standard InChI is InChI=1S/C25H24N2O5.C22H30N2O4Si.2C16H16N2O4.C10H13NO3.CH3Cl/c1-3-5-17-9-12-22(23(15-17)31-2)32-25(30)21(14-18-7-10-20(28)11-8-18)27-24(29)19-6-4-13-26-16-19;1-22(2,3)29(5,6)28-18-11-9-16(10-12-18)14-19(21(26)27-4)24-20(25)17-8-7-13-23-15-17;2*1-22-16(21)14(9-11-4-6-13(19)7-5-11)18-15(20)12-3-2-8-17-10-12;1-14-10(13)9(11)6-7-2-4-8(12)5-3-7;1-2/h3-4,6-13,15-16,21,28H,1,5,14H2,2H3,(H,27,29);7-13,15,19H,14H2,1-6H3,(H,24,25);2*2-8,10,14,19H,9H2,1H3,(H,18,20);2-5,9,12H,6,11H2,1H3;1H3. The number of esters is 5. The molecule has 10 rings (SSSR count). The maximum atomic E-state index is 13.1. The number of phenolic OH excluding ortho intramolecular Hbond substituents is 4. The first-order valence-electron chi connectivity index (χ1n) is 37.5. The van der Waals surface area contributed by atoms with Gasteiger partial charge in [-0.3, -0.25) is 43.9 Å². The zero-order chi connectivity index (χ0) is 89.0. The monoisotopic (exact) mass is 1690 g/mol. The number of phenols is 4. The molecule has 0 aliphatic heterocycles. The lowest BCUT2D eigenvalue weighted by molar-refractivity contribution is -0.143. The van der Waals surface area contributed by atoms with Crippen LogP contribution in [0.1, 0.15) is 95.6 Å². The Bertz CT molecular complexity index is 4790. The van der Waals surface area contributed by atoms with Crippen molar-refractivity contribution in [2.75, 3.05) is 41.9 Å². The van der Waals surface area contributed by atoms with Gasteiger partial charge in [0.15, 0.2) is 11.5 Å². The lowest BCUT2D eigenvalue weighted by Gasteiger charge is -2.36. The highest BCUT2D eigenvalue weighted by Crippen LogP contribution is 2.37. The largest absolute Gasteiger partial charge is 0.544 e. The molecular weight excluding hydrogens is 1590 g/mol. The van der Waals surface area contributed by atoms with Gasteiger partial charge in [-0.15, -0.1) is 18.2 Å². The van der Waals surface area contributed by atoms with Gasteiger partial charge in [-0.25, -0.2) is 19.2 Å². The van der Waals surface area contributed by atoms with E-state index in [0.29, 0.717) is 47.3 Å². The van der Waals surface area contributed by atoms with Crippen LogP contribution in [-0.4, -0.2) is 174 Å². The molecule has 638 valence electrons. The number of aromatic nitrogens is 4. The maximum Gasteiger partial charge on any atom is 0.334 e. The number of allylic oxidation sites excluding steroid dienone is 1. The number of amides is 4. The first-order valence-corrected chi connectivity index (χ1v) is 41.2. The summed E-state index contributed by atoms with van der Waals surface area (Å²) in [5, 5.41) is 47.9. The van der Waals surface area contributed by atoms with Gasteiger partial charge in [0.05, 0.1) is 57.8 Å². The summed E-state index contributed by atoms with van der Waals surface area (Å²) in [5.74, 6) is -2.23. The van der Waals surface area contributed by atoms with Crippen LogP contribution in [0.15, 0.2) is 250 Å². The third-order valence-electron chi connectivity index (χ3n) is 18.0. The van der Waals surface area contributed by atoms with Crippen LogP contribution in [-0.2, 0) is 81.4 Å². The van der Waals surface area contributed by atoms with Crippen molar-refractivity contribution >= 4 is 73.4 Å². The predicted molar refractivity (Wildman–Crippen MR) is 458 cm³/mol. The highest BCUT2D eigenvalue weighted by atomic mass is 35.5. The summed E-state index contributed by atoms with van der Waals surface area (Å²) in [4.78, 5) is 125. The molecule has 5 atom stereocenters. The van der Waals surface area contributed by atoms with E-state index in [0.717, 1.165) is 39.1 Å². The molecule has 5 unspecified atom stereocenters. The summed E-state index contributed by atoms with van der Waals surface area (Å²) in [6.07, 6.45) is 17.3. The molecule has 0 radical (unpaired) electrons. The second kappa shape index (κ2) is 50.7. The van der Waals surface area contributed by atoms with Crippen LogP contribution in [0.2, 0.25) is 18.1 Å². The van der Waals surface area contributed by atoms with Crippen LogP contribution in [0.3, 0.4) is 0 Å². The van der Waals surface area contributed by atoms with Crippen LogP contribution in [0.5, 0.6) is 40.2 Å². The van der Waals surface area contributed by atoms with E-state index in [1.807, 2.05) is 30.3 Å². The molecule has 6 aromatic carbocycles. The molecule has 4 heterocycles. The fourth-order valence-corrected chi connectivity index (χ4v) is 11.6. The van der Waals surface area contributed by atoms with E-state index in [1.54, 1.807) is 152 Å². The third kappa shape index (κ3) is 34.0. The molecule has 0 spiro atoms. The van der Waals surface area contributed by atoms with E-state index in [4.69, 9.17) is 39.0 Å². The smallest absolute Gasteiger partial charge is 0.334 e. The highest BCUT2D eigenvalue weighted by molar-refractivity contribution is 6.74. The van der Waals surface area contributed by atoms with Crippen molar-refractivity contribution < 1.29 is 96.4 Å². The Balaban J connectivity index is 0.000000273. The lowest BCUT2D eigenvalue weighted by Crippen LogP contribution is -2.44. The molecule has 10 aromatic rings. The Morgan fingerprint density at radius 3 is 0.959 bits per heavy atom. The summed E-state index contributed by atoms with van der Waals surface area (Å²) >= 11 is 4.64. The van der Waals surface area contributed by atoms with E-state index >= 15 is 0 Å². The van der Waals surface area contributed by atoms with E-state index in [9.17, 15) is 58.5 Å². The Labute approximate surface area is 708 Å². The second-order valence-electron chi connectivity index (χ2n) is 27.9. The van der Waals surface area contributed by atoms with Crippen molar-refractivity contribution in [3.63, 3.8) is 0 Å². The quantitative estimate of drug-likeness (QED) is 0.00525. The van der Waals surface area contributed by atoms with Crippen molar-refractivity contribution in [2.45, 2.75) is 108 Å². The first kappa shape index (κ1) is 97.7. The van der Waals surface area contributed by atoms with Crippen molar-refractivity contribution in [2.24, 2.45) is 5.73 Å². The molecule has 0 aliphatic rings. The van der Waals surface area contributed by atoms with Gasteiger partial charge in [0.1, 0.15) is 59.0 Å². The lowest BCUT2D eigenvalue weighted by atomic mass is 10.1. The van der Waals surface area contributed by atoms with Crippen LogP contribution < -0.4 is 40.9 Å². The number of halogens is 1. The molecule has 31 heteroatoms. The van der Waals surface area contributed by atoms with Crippen molar-refractivity contribution in [1.29, 1.82) is 0 Å². The minimum atomic E-state index is -1.92. The molecule has 29 nitrogen and oxygen atoms in total. The van der Waals surface area contributed by atoms with Gasteiger partial charge in [-0.2, -0.15) is 0 Å².